The lowest BCUT2D eigenvalue weighted by molar-refractivity contribution is 0.102. The van der Waals surface area contributed by atoms with Gasteiger partial charge >= 0.3 is 0 Å². The molecule has 1 N–H and O–H groups in total. The van der Waals surface area contributed by atoms with Gasteiger partial charge in [-0.05, 0) is 36.4 Å². The number of nitrogens with zero attached hydrogens (tertiary/aromatic N) is 2. The smallest absolute Gasteiger partial charge is 0.258 e. The van der Waals surface area contributed by atoms with E-state index in [4.69, 9.17) is 23.2 Å². The molecule has 2 aromatic carbocycles. The highest BCUT2D eigenvalue weighted by atomic mass is 35.5. The van der Waals surface area contributed by atoms with Crippen molar-refractivity contribution in [3.63, 3.8) is 0 Å². The van der Waals surface area contributed by atoms with Gasteiger partial charge in [-0.15, -0.1) is 11.3 Å². The number of fused-ring (bicyclic) bond motifs is 1. The molecule has 27 heavy (non-hydrogen) atoms. The molecule has 1 amide bonds. The highest BCUT2D eigenvalue weighted by molar-refractivity contribution is 7.21. The van der Waals surface area contributed by atoms with Gasteiger partial charge in [-0.25, -0.2) is 14.4 Å². The first-order chi connectivity index (χ1) is 13.0. The molecule has 0 radical (unpaired) electrons. The lowest BCUT2D eigenvalue weighted by atomic mass is 10.2. The van der Waals surface area contributed by atoms with Gasteiger partial charge in [-0.3, -0.25) is 4.79 Å². The van der Waals surface area contributed by atoms with Crippen LogP contribution in [-0.4, -0.2) is 15.9 Å². The van der Waals surface area contributed by atoms with E-state index in [0.29, 0.717) is 5.82 Å². The fourth-order valence-corrected chi connectivity index (χ4v) is 3.89. The van der Waals surface area contributed by atoms with Crippen molar-refractivity contribution in [1.82, 2.24) is 9.97 Å². The monoisotopic (exact) mass is 417 g/mol. The minimum Gasteiger partial charge on any atom is -0.307 e. The molecule has 0 aliphatic carbocycles. The summed E-state index contributed by atoms with van der Waals surface area (Å²) in [5.74, 6) is -0.975. The molecule has 4 aromatic rings. The van der Waals surface area contributed by atoms with Crippen LogP contribution in [0.1, 0.15) is 10.4 Å². The summed E-state index contributed by atoms with van der Waals surface area (Å²) >= 11 is 13.2. The van der Waals surface area contributed by atoms with E-state index in [0.717, 1.165) is 26.9 Å². The molecule has 134 valence electrons. The van der Waals surface area contributed by atoms with Crippen LogP contribution in [0.3, 0.4) is 0 Å². The molecule has 0 unspecified atom stereocenters. The van der Waals surface area contributed by atoms with Crippen molar-refractivity contribution in [2.24, 2.45) is 0 Å². The zero-order valence-electron chi connectivity index (χ0n) is 13.5. The number of amides is 1. The Morgan fingerprint density at radius 3 is 2.63 bits per heavy atom. The zero-order valence-corrected chi connectivity index (χ0v) is 15.9. The van der Waals surface area contributed by atoms with Crippen LogP contribution in [0, 0.1) is 5.82 Å². The van der Waals surface area contributed by atoms with Gasteiger partial charge in [-0.2, -0.15) is 0 Å². The highest BCUT2D eigenvalue weighted by Crippen LogP contribution is 2.30. The molecule has 2 heterocycles. The summed E-state index contributed by atoms with van der Waals surface area (Å²) in [4.78, 5) is 21.1. The van der Waals surface area contributed by atoms with Gasteiger partial charge in [-0.1, -0.05) is 35.3 Å². The maximum absolute atomic E-state index is 13.6. The Kier molecular flexibility index (Phi) is 4.78. The Morgan fingerprint density at radius 1 is 1.07 bits per heavy atom. The average molecular weight is 418 g/mol. The van der Waals surface area contributed by atoms with E-state index in [9.17, 15) is 9.18 Å². The van der Waals surface area contributed by atoms with E-state index in [1.165, 1.54) is 6.07 Å². The van der Waals surface area contributed by atoms with Crippen molar-refractivity contribution >= 4 is 56.5 Å². The Hall–Kier alpha value is -2.54. The van der Waals surface area contributed by atoms with Gasteiger partial charge < -0.3 is 5.32 Å². The molecule has 0 atom stereocenters. The molecular weight excluding hydrogens is 408 g/mol. The van der Waals surface area contributed by atoms with Crippen LogP contribution >= 0.6 is 34.5 Å². The normalized spacial score (nSPS) is 10.9. The summed E-state index contributed by atoms with van der Waals surface area (Å²) in [7, 11) is 0. The number of carbonyl (C=O) groups excluding carboxylic acids is 1. The summed E-state index contributed by atoms with van der Waals surface area (Å²) in [5, 5.41) is 3.34. The lowest BCUT2D eigenvalue weighted by Crippen LogP contribution is -2.13. The molecule has 2 aromatic heterocycles. The summed E-state index contributed by atoms with van der Waals surface area (Å²) in [5.41, 5.74) is 1.75. The number of carbonyl (C=O) groups is 1. The Balaban J connectivity index is 1.56. The number of anilines is 1. The number of halogens is 3. The maximum atomic E-state index is 13.6. The quantitative estimate of drug-likeness (QED) is 0.412. The number of aromatic nitrogens is 2. The predicted octanol–water partition coefficient (Wildman–Crippen LogP) is 6.06. The first-order valence-electron chi connectivity index (χ1n) is 7.79. The van der Waals surface area contributed by atoms with E-state index < -0.39 is 11.7 Å². The number of rotatable bonds is 3. The van der Waals surface area contributed by atoms with Crippen LogP contribution in [0.15, 0.2) is 54.7 Å². The Labute approximate surface area is 167 Å². The molecule has 4 rings (SSSR count). The van der Waals surface area contributed by atoms with Crippen LogP contribution in [0.2, 0.25) is 10.0 Å². The third-order valence-electron chi connectivity index (χ3n) is 3.80. The lowest BCUT2D eigenvalue weighted by Gasteiger charge is -2.07. The van der Waals surface area contributed by atoms with Crippen molar-refractivity contribution in [2.75, 3.05) is 5.32 Å². The molecule has 0 saturated heterocycles. The van der Waals surface area contributed by atoms with Crippen molar-refractivity contribution in [1.29, 1.82) is 0 Å². The number of hydrogen-bond donors (Lipinski definition) is 1. The second-order valence-electron chi connectivity index (χ2n) is 5.62. The first-order valence-corrected chi connectivity index (χ1v) is 9.36. The Bertz CT molecular complexity index is 1130. The Morgan fingerprint density at radius 2 is 1.89 bits per heavy atom. The number of pyridine rings is 1. The van der Waals surface area contributed by atoms with E-state index in [1.54, 1.807) is 23.6 Å². The predicted molar refractivity (Wildman–Crippen MR) is 107 cm³/mol. The standard InChI is InChI=1S/C19H10Cl2FN3OS/c20-12-8-13(21)14(22)7-11(12)18(26)25-17-6-5-10(9-23-17)19-24-15-3-1-2-4-16(15)27-19/h1-9H,(H,23,25,26). The van der Waals surface area contributed by atoms with Crippen LogP contribution in [0.4, 0.5) is 10.2 Å². The fraction of sp³-hybridized carbons (Fsp3) is 0. The summed E-state index contributed by atoms with van der Waals surface area (Å²) in [6.07, 6.45) is 1.62. The number of nitrogens with one attached hydrogen (secondary N) is 1. The largest absolute Gasteiger partial charge is 0.307 e. The van der Waals surface area contributed by atoms with Crippen molar-refractivity contribution < 1.29 is 9.18 Å². The second kappa shape index (κ2) is 7.23. The summed E-state index contributed by atoms with van der Waals surface area (Å²) in [6.45, 7) is 0. The van der Waals surface area contributed by atoms with Gasteiger partial charge in [0.2, 0.25) is 0 Å². The molecule has 0 saturated carbocycles. The van der Waals surface area contributed by atoms with Crippen LogP contribution < -0.4 is 5.32 Å². The van der Waals surface area contributed by atoms with Gasteiger partial charge in [0.25, 0.3) is 5.91 Å². The molecule has 0 aliphatic heterocycles. The third kappa shape index (κ3) is 3.64. The maximum Gasteiger partial charge on any atom is 0.258 e. The highest BCUT2D eigenvalue weighted by Gasteiger charge is 2.15. The molecule has 0 fully saturated rings. The first kappa shape index (κ1) is 17.9. The summed E-state index contributed by atoms with van der Waals surface area (Å²) < 4.78 is 14.7. The van der Waals surface area contributed by atoms with E-state index >= 15 is 0 Å². The minimum absolute atomic E-state index is 0.0179. The zero-order chi connectivity index (χ0) is 19.0. The fourth-order valence-electron chi connectivity index (χ4n) is 2.47. The SMILES string of the molecule is O=C(Nc1ccc(-c2nc3ccccc3s2)cn1)c1cc(F)c(Cl)cc1Cl. The van der Waals surface area contributed by atoms with E-state index in [-0.39, 0.29) is 15.6 Å². The van der Waals surface area contributed by atoms with Crippen LogP contribution in [0.25, 0.3) is 20.8 Å². The van der Waals surface area contributed by atoms with Crippen molar-refractivity contribution in [3.05, 3.63) is 76.2 Å². The molecule has 0 bridgehead atoms. The number of benzene rings is 2. The molecule has 4 nitrogen and oxygen atoms in total. The van der Waals surface area contributed by atoms with Gasteiger partial charge in [0.15, 0.2) is 0 Å². The minimum atomic E-state index is -0.717. The van der Waals surface area contributed by atoms with Gasteiger partial charge in [0.05, 0.1) is 25.8 Å². The third-order valence-corrected chi connectivity index (χ3v) is 5.49. The van der Waals surface area contributed by atoms with Gasteiger partial charge in [0, 0.05) is 11.8 Å². The van der Waals surface area contributed by atoms with Crippen LogP contribution in [0.5, 0.6) is 0 Å². The molecule has 0 spiro atoms. The number of hydrogen-bond acceptors (Lipinski definition) is 4. The van der Waals surface area contributed by atoms with Crippen molar-refractivity contribution in [3.8, 4) is 10.6 Å². The van der Waals surface area contributed by atoms with E-state index in [2.05, 4.69) is 15.3 Å². The molecular formula is C19H10Cl2FN3OS. The van der Waals surface area contributed by atoms with Gasteiger partial charge in [0.1, 0.15) is 16.6 Å². The second-order valence-corrected chi connectivity index (χ2v) is 7.46. The number of thiazole rings is 1. The van der Waals surface area contributed by atoms with E-state index in [1.807, 2.05) is 30.3 Å². The average Bonchev–Trinajstić information content (AvgIpc) is 3.09. The topological polar surface area (TPSA) is 54.9 Å². The van der Waals surface area contributed by atoms with Crippen molar-refractivity contribution in [2.45, 2.75) is 0 Å². The molecule has 0 aliphatic rings. The van der Waals surface area contributed by atoms with Crippen LogP contribution in [-0.2, 0) is 0 Å². The number of para-hydroxylation sites is 1. The summed E-state index contributed by atoms with van der Waals surface area (Å²) in [6, 6.07) is 13.5. The molecule has 8 heteroatoms.